The number of carboxylic acid groups (broad SMARTS) is 1. The highest BCUT2D eigenvalue weighted by molar-refractivity contribution is 5.72. The van der Waals surface area contributed by atoms with Gasteiger partial charge in [0.25, 0.3) is 0 Å². The van der Waals surface area contributed by atoms with Gasteiger partial charge >= 0.3 is 5.97 Å². The molecule has 1 rings (SSSR count). The number of carboxylic acids is 1. The standard InChI is InChI=1S/C11H12O3.CH4/c12-10(11(13)14)8-4-7-9-5-2-1-3-6-9;/h1-7,10,12H,8H2,(H,13,14);1H4/b7-4+;. The van der Waals surface area contributed by atoms with Crippen molar-refractivity contribution < 1.29 is 15.0 Å². The topological polar surface area (TPSA) is 57.5 Å². The van der Waals surface area contributed by atoms with Gasteiger partial charge in [0.15, 0.2) is 6.10 Å². The number of hydrogen-bond acceptors (Lipinski definition) is 2. The van der Waals surface area contributed by atoms with E-state index in [1.165, 1.54) is 0 Å². The Balaban J connectivity index is 0.00000196. The van der Waals surface area contributed by atoms with Crippen molar-refractivity contribution in [3.05, 3.63) is 42.0 Å². The highest BCUT2D eigenvalue weighted by Gasteiger charge is 2.09. The molecule has 1 aromatic rings. The van der Waals surface area contributed by atoms with Crippen LogP contribution in [0.5, 0.6) is 0 Å². The van der Waals surface area contributed by atoms with Crippen molar-refractivity contribution in [2.24, 2.45) is 0 Å². The van der Waals surface area contributed by atoms with Gasteiger partial charge in [0, 0.05) is 6.42 Å². The second-order valence-electron chi connectivity index (χ2n) is 2.90. The molecule has 0 spiro atoms. The summed E-state index contributed by atoms with van der Waals surface area (Å²) in [5.41, 5.74) is 0.991. The molecule has 0 aliphatic rings. The van der Waals surface area contributed by atoms with E-state index >= 15 is 0 Å². The number of aliphatic carboxylic acids is 1. The Morgan fingerprint density at radius 3 is 2.47 bits per heavy atom. The quantitative estimate of drug-likeness (QED) is 0.797. The third-order valence-electron chi connectivity index (χ3n) is 1.75. The average molecular weight is 208 g/mol. The van der Waals surface area contributed by atoms with Crippen LogP contribution in [0.1, 0.15) is 19.4 Å². The minimum absolute atomic E-state index is 0. The maximum atomic E-state index is 10.3. The molecule has 0 heterocycles. The molecular formula is C12H16O3. The van der Waals surface area contributed by atoms with Gasteiger partial charge in [-0.1, -0.05) is 49.9 Å². The molecule has 0 amide bonds. The maximum absolute atomic E-state index is 10.3. The van der Waals surface area contributed by atoms with Crippen molar-refractivity contribution in [2.75, 3.05) is 0 Å². The van der Waals surface area contributed by atoms with Crippen molar-refractivity contribution in [3.63, 3.8) is 0 Å². The fourth-order valence-electron chi connectivity index (χ4n) is 0.998. The van der Waals surface area contributed by atoms with Gasteiger partial charge in [-0.25, -0.2) is 4.79 Å². The Hall–Kier alpha value is -1.61. The molecule has 0 radical (unpaired) electrons. The van der Waals surface area contributed by atoms with E-state index in [4.69, 9.17) is 10.2 Å². The van der Waals surface area contributed by atoms with E-state index < -0.39 is 12.1 Å². The van der Waals surface area contributed by atoms with E-state index in [1.807, 2.05) is 30.3 Å². The van der Waals surface area contributed by atoms with Gasteiger partial charge in [-0.3, -0.25) is 0 Å². The molecule has 0 aliphatic carbocycles. The van der Waals surface area contributed by atoms with Crippen LogP contribution in [0, 0.1) is 0 Å². The maximum Gasteiger partial charge on any atom is 0.332 e. The Morgan fingerprint density at radius 1 is 1.33 bits per heavy atom. The largest absolute Gasteiger partial charge is 0.479 e. The number of aliphatic hydroxyl groups excluding tert-OH is 1. The van der Waals surface area contributed by atoms with Gasteiger partial charge in [0.05, 0.1) is 0 Å². The second kappa shape index (κ2) is 6.79. The lowest BCUT2D eigenvalue weighted by molar-refractivity contribution is -0.146. The molecule has 1 unspecified atom stereocenters. The minimum Gasteiger partial charge on any atom is -0.479 e. The van der Waals surface area contributed by atoms with Crippen molar-refractivity contribution in [3.8, 4) is 0 Å². The summed E-state index contributed by atoms with van der Waals surface area (Å²) in [6, 6.07) is 9.51. The molecule has 15 heavy (non-hydrogen) atoms. The van der Waals surface area contributed by atoms with Crippen molar-refractivity contribution in [1.29, 1.82) is 0 Å². The number of carbonyl (C=O) groups is 1. The van der Waals surface area contributed by atoms with Crippen molar-refractivity contribution >= 4 is 12.0 Å². The Morgan fingerprint density at radius 2 is 1.93 bits per heavy atom. The van der Waals surface area contributed by atoms with Crippen LogP contribution in [0.25, 0.3) is 6.08 Å². The molecule has 0 aliphatic heterocycles. The predicted octanol–water partition coefficient (Wildman–Crippen LogP) is 2.17. The van der Waals surface area contributed by atoms with Crippen LogP contribution in [0.4, 0.5) is 0 Å². The third kappa shape index (κ3) is 4.98. The van der Waals surface area contributed by atoms with Gasteiger partial charge in [-0.05, 0) is 5.56 Å². The smallest absolute Gasteiger partial charge is 0.332 e. The monoisotopic (exact) mass is 208 g/mol. The van der Waals surface area contributed by atoms with Gasteiger partial charge in [-0.15, -0.1) is 0 Å². The predicted molar refractivity (Wildman–Crippen MR) is 60.5 cm³/mol. The summed E-state index contributed by atoms with van der Waals surface area (Å²) >= 11 is 0. The Bertz CT molecular complexity index is 317. The number of benzene rings is 1. The first-order valence-electron chi connectivity index (χ1n) is 4.32. The molecule has 1 atom stereocenters. The fourth-order valence-corrected chi connectivity index (χ4v) is 0.998. The molecule has 3 heteroatoms. The Kier molecular flexibility index (Phi) is 6.06. The minimum atomic E-state index is -1.31. The van der Waals surface area contributed by atoms with Gasteiger partial charge < -0.3 is 10.2 Å². The first-order valence-corrected chi connectivity index (χ1v) is 4.32. The first-order chi connectivity index (χ1) is 6.70. The summed E-state index contributed by atoms with van der Waals surface area (Å²) in [5, 5.41) is 17.3. The van der Waals surface area contributed by atoms with Crippen LogP contribution in [-0.4, -0.2) is 22.3 Å². The van der Waals surface area contributed by atoms with Crippen LogP contribution in [0.2, 0.25) is 0 Å². The molecule has 1 aromatic carbocycles. The van der Waals surface area contributed by atoms with Crippen molar-refractivity contribution in [1.82, 2.24) is 0 Å². The van der Waals surface area contributed by atoms with Crippen LogP contribution in [-0.2, 0) is 4.79 Å². The lowest BCUT2D eigenvalue weighted by atomic mass is 10.2. The van der Waals surface area contributed by atoms with E-state index in [2.05, 4.69) is 0 Å². The van der Waals surface area contributed by atoms with Crippen molar-refractivity contribution in [2.45, 2.75) is 20.0 Å². The first kappa shape index (κ1) is 13.4. The molecule has 3 nitrogen and oxygen atoms in total. The summed E-state index contributed by atoms with van der Waals surface area (Å²) in [6.07, 6.45) is 2.25. The van der Waals surface area contributed by atoms with Gasteiger partial charge in [-0.2, -0.15) is 0 Å². The molecule has 0 saturated heterocycles. The van der Waals surface area contributed by atoms with Crippen LogP contribution < -0.4 is 0 Å². The van der Waals surface area contributed by atoms with Crippen LogP contribution in [0.15, 0.2) is 36.4 Å². The SMILES string of the molecule is C.O=C(O)C(O)C/C=C/c1ccccc1. The summed E-state index contributed by atoms with van der Waals surface area (Å²) in [7, 11) is 0. The van der Waals surface area contributed by atoms with Gasteiger partial charge in [0.2, 0.25) is 0 Å². The lowest BCUT2D eigenvalue weighted by Crippen LogP contribution is -2.17. The van der Waals surface area contributed by atoms with Crippen LogP contribution in [0.3, 0.4) is 0 Å². The highest BCUT2D eigenvalue weighted by atomic mass is 16.4. The number of hydrogen-bond donors (Lipinski definition) is 2. The molecule has 0 fully saturated rings. The third-order valence-corrected chi connectivity index (χ3v) is 1.75. The average Bonchev–Trinajstić information content (AvgIpc) is 2.19. The fraction of sp³-hybridized carbons (Fsp3) is 0.250. The zero-order chi connectivity index (χ0) is 10.4. The van der Waals surface area contributed by atoms with Crippen LogP contribution >= 0.6 is 0 Å². The Labute approximate surface area is 89.7 Å². The molecule has 82 valence electrons. The summed E-state index contributed by atoms with van der Waals surface area (Å²) < 4.78 is 0. The number of aliphatic hydroxyl groups is 1. The second-order valence-corrected chi connectivity index (χ2v) is 2.90. The molecule has 0 aromatic heterocycles. The van der Waals surface area contributed by atoms with Gasteiger partial charge in [0.1, 0.15) is 0 Å². The molecular weight excluding hydrogens is 192 g/mol. The summed E-state index contributed by atoms with van der Waals surface area (Å²) in [4.78, 5) is 10.3. The normalized spacial score (nSPS) is 12.1. The molecule has 2 N–H and O–H groups in total. The zero-order valence-electron chi connectivity index (χ0n) is 7.63. The van der Waals surface area contributed by atoms with E-state index in [-0.39, 0.29) is 13.8 Å². The lowest BCUT2D eigenvalue weighted by Gasteiger charge is -1.99. The molecule has 0 bridgehead atoms. The van der Waals surface area contributed by atoms with E-state index in [1.54, 1.807) is 12.2 Å². The summed E-state index contributed by atoms with van der Waals surface area (Å²) in [6.45, 7) is 0. The summed E-state index contributed by atoms with van der Waals surface area (Å²) in [5.74, 6) is -1.19. The molecule has 0 saturated carbocycles. The number of rotatable bonds is 4. The highest BCUT2D eigenvalue weighted by Crippen LogP contribution is 2.03. The van der Waals surface area contributed by atoms with E-state index in [0.717, 1.165) is 5.56 Å². The van der Waals surface area contributed by atoms with E-state index in [0.29, 0.717) is 0 Å². The zero-order valence-corrected chi connectivity index (χ0v) is 7.63. The van der Waals surface area contributed by atoms with E-state index in [9.17, 15) is 4.79 Å².